The Bertz CT molecular complexity index is 659. The summed E-state index contributed by atoms with van der Waals surface area (Å²) in [6.45, 7) is 2.53. The van der Waals surface area contributed by atoms with Crippen LogP contribution in [0.25, 0.3) is 0 Å². The number of ether oxygens (including phenoxy) is 1. The maximum absolute atomic E-state index is 12.0. The third kappa shape index (κ3) is 4.49. The van der Waals surface area contributed by atoms with E-state index in [0.717, 1.165) is 27.2 Å². The second kappa shape index (κ2) is 7.84. The van der Waals surface area contributed by atoms with Crippen molar-refractivity contribution in [2.45, 2.75) is 13.3 Å². The number of carbonyl (C=O) groups is 1. The number of amides is 1. The Balaban J connectivity index is 1.84. The Morgan fingerprint density at radius 1 is 1.23 bits per heavy atom. The molecule has 0 radical (unpaired) electrons. The van der Waals surface area contributed by atoms with Gasteiger partial charge >= 0.3 is 0 Å². The molecule has 0 aliphatic rings. The number of rotatable bonds is 6. The number of anilines is 2. The molecule has 0 bridgehead atoms. The first-order valence-corrected chi connectivity index (χ1v) is 7.82. The average Bonchev–Trinajstić information content (AvgIpc) is 2.51. The highest BCUT2D eigenvalue weighted by atomic mass is 79.9. The number of carbonyl (C=O) groups excluding carboxylic acids is 1. The van der Waals surface area contributed by atoms with Crippen LogP contribution in [0, 0.1) is 6.92 Å². The second-order valence-electron chi connectivity index (χ2n) is 4.89. The van der Waals surface area contributed by atoms with Crippen molar-refractivity contribution in [2.75, 3.05) is 24.3 Å². The molecule has 2 N–H and O–H groups in total. The van der Waals surface area contributed by atoms with Crippen molar-refractivity contribution in [2.24, 2.45) is 0 Å². The van der Waals surface area contributed by atoms with E-state index in [9.17, 15) is 4.79 Å². The lowest BCUT2D eigenvalue weighted by Gasteiger charge is -2.11. The van der Waals surface area contributed by atoms with E-state index >= 15 is 0 Å². The van der Waals surface area contributed by atoms with Crippen molar-refractivity contribution >= 4 is 33.2 Å². The molecule has 0 aliphatic heterocycles. The predicted molar refractivity (Wildman–Crippen MR) is 93.6 cm³/mol. The van der Waals surface area contributed by atoms with Gasteiger partial charge in [0.25, 0.3) is 0 Å². The van der Waals surface area contributed by atoms with Gasteiger partial charge in [-0.1, -0.05) is 28.1 Å². The van der Waals surface area contributed by atoms with E-state index in [1.165, 1.54) is 0 Å². The Labute approximate surface area is 139 Å². The summed E-state index contributed by atoms with van der Waals surface area (Å²) in [6, 6.07) is 13.4. The summed E-state index contributed by atoms with van der Waals surface area (Å²) in [7, 11) is 1.63. The predicted octanol–water partition coefficient (Wildman–Crippen LogP) is 4.21. The zero-order chi connectivity index (χ0) is 15.9. The van der Waals surface area contributed by atoms with Crippen molar-refractivity contribution in [1.29, 1.82) is 0 Å². The molecule has 116 valence electrons. The fraction of sp³-hybridized carbons (Fsp3) is 0.235. The van der Waals surface area contributed by atoms with Gasteiger partial charge in [-0.2, -0.15) is 0 Å². The van der Waals surface area contributed by atoms with Crippen LogP contribution in [0.5, 0.6) is 5.75 Å². The highest BCUT2D eigenvalue weighted by Crippen LogP contribution is 2.23. The summed E-state index contributed by atoms with van der Waals surface area (Å²) in [5.41, 5.74) is 2.78. The van der Waals surface area contributed by atoms with Gasteiger partial charge in [-0.3, -0.25) is 4.79 Å². The molecule has 0 unspecified atom stereocenters. The minimum Gasteiger partial charge on any atom is -0.495 e. The maximum atomic E-state index is 12.0. The van der Waals surface area contributed by atoms with Gasteiger partial charge in [-0.05, 0) is 42.8 Å². The van der Waals surface area contributed by atoms with E-state index in [1.807, 2.05) is 49.4 Å². The summed E-state index contributed by atoms with van der Waals surface area (Å²) in [4.78, 5) is 12.0. The Hall–Kier alpha value is -2.01. The smallest absolute Gasteiger partial charge is 0.226 e. The van der Waals surface area contributed by atoms with Gasteiger partial charge in [0.15, 0.2) is 0 Å². The van der Waals surface area contributed by atoms with Crippen LogP contribution in [0.3, 0.4) is 0 Å². The number of aryl methyl sites for hydroxylation is 1. The third-order valence-electron chi connectivity index (χ3n) is 3.22. The molecule has 0 aliphatic carbocycles. The lowest BCUT2D eigenvalue weighted by molar-refractivity contribution is -0.115. The minimum absolute atomic E-state index is 0.0240. The number of hydrogen-bond donors (Lipinski definition) is 2. The van der Waals surface area contributed by atoms with Crippen LogP contribution >= 0.6 is 15.9 Å². The van der Waals surface area contributed by atoms with Gasteiger partial charge in [0.05, 0.1) is 12.8 Å². The third-order valence-corrected chi connectivity index (χ3v) is 4.11. The molecule has 0 atom stereocenters. The molecule has 0 heterocycles. The number of methoxy groups -OCH3 is 1. The van der Waals surface area contributed by atoms with Crippen molar-refractivity contribution in [3.8, 4) is 5.75 Å². The number of nitrogens with one attached hydrogen (secondary N) is 2. The van der Waals surface area contributed by atoms with E-state index in [2.05, 4.69) is 26.6 Å². The first kappa shape index (κ1) is 16.4. The summed E-state index contributed by atoms with van der Waals surface area (Å²) in [6.07, 6.45) is 0.382. The largest absolute Gasteiger partial charge is 0.495 e. The molecule has 0 saturated carbocycles. The van der Waals surface area contributed by atoms with Crippen LogP contribution in [0.15, 0.2) is 46.9 Å². The topological polar surface area (TPSA) is 50.4 Å². The van der Waals surface area contributed by atoms with Gasteiger partial charge in [0.2, 0.25) is 5.91 Å². The van der Waals surface area contributed by atoms with Crippen LogP contribution in [0.1, 0.15) is 12.0 Å². The molecule has 2 aromatic rings. The molecule has 5 heteroatoms. The quantitative estimate of drug-likeness (QED) is 0.809. The molecule has 2 rings (SSSR count). The highest BCUT2D eigenvalue weighted by molar-refractivity contribution is 9.10. The second-order valence-corrected chi connectivity index (χ2v) is 5.74. The van der Waals surface area contributed by atoms with E-state index in [1.54, 1.807) is 7.11 Å². The number of halogens is 1. The SMILES string of the molecule is COc1ccccc1NCCC(=O)Nc1ccc(Br)c(C)c1. The van der Waals surface area contributed by atoms with Crippen molar-refractivity contribution in [1.82, 2.24) is 0 Å². The molecular formula is C17H19BrN2O2. The molecule has 0 saturated heterocycles. The lowest BCUT2D eigenvalue weighted by atomic mass is 10.2. The number of benzene rings is 2. The number of para-hydroxylation sites is 2. The standard InChI is InChI=1S/C17H19BrN2O2/c1-12-11-13(7-8-14(12)18)20-17(21)9-10-19-15-5-3-4-6-16(15)22-2/h3-8,11,19H,9-10H2,1-2H3,(H,20,21). The van der Waals surface area contributed by atoms with Gasteiger partial charge in [-0.15, -0.1) is 0 Å². The number of hydrogen-bond acceptors (Lipinski definition) is 3. The minimum atomic E-state index is -0.0240. The van der Waals surface area contributed by atoms with Crippen LogP contribution in [0.2, 0.25) is 0 Å². The fourth-order valence-electron chi connectivity index (χ4n) is 2.05. The molecule has 1 amide bonds. The van der Waals surface area contributed by atoms with Crippen LogP contribution in [-0.2, 0) is 4.79 Å². The van der Waals surface area contributed by atoms with Crippen LogP contribution < -0.4 is 15.4 Å². The van der Waals surface area contributed by atoms with Gasteiger partial charge in [0.1, 0.15) is 5.75 Å². The molecule has 22 heavy (non-hydrogen) atoms. The molecule has 4 nitrogen and oxygen atoms in total. The Morgan fingerprint density at radius 3 is 2.73 bits per heavy atom. The molecule has 0 spiro atoms. The zero-order valence-corrected chi connectivity index (χ0v) is 14.2. The van der Waals surface area contributed by atoms with Crippen LogP contribution in [-0.4, -0.2) is 19.6 Å². The van der Waals surface area contributed by atoms with Gasteiger partial charge in [-0.25, -0.2) is 0 Å². The summed E-state index contributed by atoms with van der Waals surface area (Å²) in [5, 5.41) is 6.10. The molecular weight excluding hydrogens is 344 g/mol. The summed E-state index contributed by atoms with van der Waals surface area (Å²) in [5.74, 6) is 0.746. The molecule has 0 aromatic heterocycles. The van der Waals surface area contributed by atoms with E-state index in [4.69, 9.17) is 4.74 Å². The Morgan fingerprint density at radius 2 is 2.00 bits per heavy atom. The van der Waals surface area contributed by atoms with Crippen LogP contribution in [0.4, 0.5) is 11.4 Å². The normalized spacial score (nSPS) is 10.1. The van der Waals surface area contributed by atoms with Crippen molar-refractivity contribution in [3.05, 3.63) is 52.5 Å². The van der Waals surface area contributed by atoms with E-state index < -0.39 is 0 Å². The highest BCUT2D eigenvalue weighted by Gasteiger charge is 2.05. The fourth-order valence-corrected chi connectivity index (χ4v) is 2.29. The van der Waals surface area contributed by atoms with E-state index in [0.29, 0.717) is 13.0 Å². The molecule has 2 aromatic carbocycles. The van der Waals surface area contributed by atoms with Gasteiger partial charge < -0.3 is 15.4 Å². The lowest BCUT2D eigenvalue weighted by Crippen LogP contribution is -2.16. The maximum Gasteiger partial charge on any atom is 0.226 e. The van der Waals surface area contributed by atoms with Gasteiger partial charge in [0, 0.05) is 23.1 Å². The Kier molecular flexibility index (Phi) is 5.83. The van der Waals surface area contributed by atoms with Crippen molar-refractivity contribution in [3.63, 3.8) is 0 Å². The molecule has 0 fully saturated rings. The first-order valence-electron chi connectivity index (χ1n) is 7.03. The zero-order valence-electron chi connectivity index (χ0n) is 12.7. The average molecular weight is 363 g/mol. The summed E-state index contributed by atoms with van der Waals surface area (Å²) < 4.78 is 6.29. The monoisotopic (exact) mass is 362 g/mol. The van der Waals surface area contributed by atoms with Crippen molar-refractivity contribution < 1.29 is 9.53 Å². The first-order chi connectivity index (χ1) is 10.6. The summed E-state index contributed by atoms with van der Waals surface area (Å²) >= 11 is 3.44. The van der Waals surface area contributed by atoms with E-state index in [-0.39, 0.29) is 5.91 Å².